The first-order chi connectivity index (χ1) is 21.2. The summed E-state index contributed by atoms with van der Waals surface area (Å²) >= 11 is 0. The molecular weight excluding hydrogens is 561 g/mol. The molecule has 226 valence electrons. The lowest BCUT2D eigenvalue weighted by Crippen LogP contribution is -2.33. The number of amides is 2. The number of carbonyl (C=O) groups excluding carboxylic acids is 2. The molecule has 0 aliphatic heterocycles. The zero-order valence-electron chi connectivity index (χ0n) is 24.8. The number of aromatic nitrogens is 3. The van der Waals surface area contributed by atoms with Gasteiger partial charge in [0.1, 0.15) is 11.6 Å². The van der Waals surface area contributed by atoms with Gasteiger partial charge in [0.25, 0.3) is 5.91 Å². The van der Waals surface area contributed by atoms with Crippen LogP contribution >= 0.6 is 0 Å². The standard InChI is InChI=1S/C33H34FN7O3/c1-39(2)18-19-40(3)32(43)25-8-15-29(16-9-25)44-22-35-33-37-30-17-10-26(21-41(30)38-33)24-6-13-28(14-7-24)36-31(42)20-23-4-11-27(34)12-5-23/h4-17,21H,18-20,22H2,1-3H3,(H,35,38)(H,36,42). The molecule has 0 aliphatic carbocycles. The van der Waals surface area contributed by atoms with Crippen LogP contribution in [0, 0.1) is 5.82 Å². The molecule has 2 amide bonds. The molecule has 11 heteroatoms. The summed E-state index contributed by atoms with van der Waals surface area (Å²) in [6.07, 6.45) is 2.04. The topological polar surface area (TPSA) is 104 Å². The molecule has 0 saturated carbocycles. The van der Waals surface area contributed by atoms with Gasteiger partial charge in [0.05, 0.1) is 6.42 Å². The Morgan fingerprint density at radius 1 is 0.864 bits per heavy atom. The monoisotopic (exact) mass is 595 g/mol. The normalized spacial score (nSPS) is 11.0. The number of carbonyl (C=O) groups is 2. The van der Waals surface area contributed by atoms with Crippen molar-refractivity contribution in [1.82, 2.24) is 24.4 Å². The highest BCUT2D eigenvalue weighted by atomic mass is 19.1. The Bertz CT molecular complexity index is 1720. The number of rotatable bonds is 12. The van der Waals surface area contributed by atoms with Crippen LogP contribution in [0.15, 0.2) is 91.1 Å². The molecule has 2 heterocycles. The molecule has 2 aromatic heterocycles. The van der Waals surface area contributed by atoms with E-state index in [2.05, 4.69) is 20.7 Å². The van der Waals surface area contributed by atoms with E-state index in [0.717, 1.165) is 23.2 Å². The Morgan fingerprint density at radius 3 is 2.27 bits per heavy atom. The first-order valence-electron chi connectivity index (χ1n) is 14.1. The molecule has 5 rings (SSSR count). The zero-order valence-corrected chi connectivity index (χ0v) is 24.8. The van der Waals surface area contributed by atoms with Crippen molar-refractivity contribution in [2.24, 2.45) is 0 Å². The van der Waals surface area contributed by atoms with Gasteiger partial charge in [-0.2, -0.15) is 4.98 Å². The Labute approximate surface area is 255 Å². The van der Waals surface area contributed by atoms with Crippen LogP contribution in [0.1, 0.15) is 15.9 Å². The second-order valence-corrected chi connectivity index (χ2v) is 10.6. The van der Waals surface area contributed by atoms with Crippen molar-refractivity contribution in [2.75, 3.05) is 51.6 Å². The number of hydrogen-bond acceptors (Lipinski definition) is 7. The van der Waals surface area contributed by atoms with Gasteiger partial charge in [0.15, 0.2) is 12.4 Å². The third-order valence-corrected chi connectivity index (χ3v) is 6.91. The van der Waals surface area contributed by atoms with Gasteiger partial charge >= 0.3 is 0 Å². The minimum Gasteiger partial charge on any atom is -0.473 e. The van der Waals surface area contributed by atoms with Gasteiger partial charge in [-0.1, -0.05) is 24.3 Å². The van der Waals surface area contributed by atoms with E-state index < -0.39 is 0 Å². The Morgan fingerprint density at radius 2 is 1.57 bits per heavy atom. The van der Waals surface area contributed by atoms with E-state index in [4.69, 9.17) is 4.74 Å². The summed E-state index contributed by atoms with van der Waals surface area (Å²) in [6, 6.07) is 24.2. The molecule has 10 nitrogen and oxygen atoms in total. The molecule has 0 fully saturated rings. The lowest BCUT2D eigenvalue weighted by molar-refractivity contribution is -0.115. The van der Waals surface area contributed by atoms with Gasteiger partial charge in [-0.15, -0.1) is 5.10 Å². The van der Waals surface area contributed by atoms with E-state index >= 15 is 0 Å². The summed E-state index contributed by atoms with van der Waals surface area (Å²) in [5.74, 6) is 0.485. The summed E-state index contributed by atoms with van der Waals surface area (Å²) in [7, 11) is 5.75. The minimum atomic E-state index is -0.331. The van der Waals surface area contributed by atoms with Crippen LogP contribution in [0.25, 0.3) is 16.8 Å². The van der Waals surface area contributed by atoms with Gasteiger partial charge in [-0.05, 0) is 85.9 Å². The Kier molecular flexibility index (Phi) is 9.46. The molecular formula is C33H34FN7O3. The van der Waals surface area contributed by atoms with E-state index in [0.29, 0.717) is 35.1 Å². The van der Waals surface area contributed by atoms with Crippen molar-refractivity contribution in [3.63, 3.8) is 0 Å². The highest BCUT2D eigenvalue weighted by Gasteiger charge is 2.12. The first-order valence-corrected chi connectivity index (χ1v) is 14.1. The van der Waals surface area contributed by atoms with E-state index in [1.165, 1.54) is 12.1 Å². The third-order valence-electron chi connectivity index (χ3n) is 6.91. The van der Waals surface area contributed by atoms with Crippen LogP contribution in [0.5, 0.6) is 5.75 Å². The van der Waals surface area contributed by atoms with Crippen LogP contribution < -0.4 is 15.4 Å². The maximum Gasteiger partial charge on any atom is 0.253 e. The lowest BCUT2D eigenvalue weighted by atomic mass is 10.1. The molecule has 0 aliphatic rings. The average Bonchev–Trinajstić information content (AvgIpc) is 3.43. The first kappa shape index (κ1) is 30.2. The van der Waals surface area contributed by atoms with Crippen LogP contribution in [0.4, 0.5) is 16.0 Å². The second-order valence-electron chi connectivity index (χ2n) is 10.6. The number of likely N-dealkylation sites (N-methyl/N-ethyl adjacent to an activating group) is 2. The van der Waals surface area contributed by atoms with Crippen LogP contribution in [-0.2, 0) is 11.2 Å². The Hall–Kier alpha value is -5.29. The summed E-state index contributed by atoms with van der Waals surface area (Å²) < 4.78 is 20.6. The zero-order chi connectivity index (χ0) is 31.1. The van der Waals surface area contributed by atoms with E-state index in [1.54, 1.807) is 52.9 Å². The molecule has 2 N–H and O–H groups in total. The molecule has 0 atom stereocenters. The summed E-state index contributed by atoms with van der Waals surface area (Å²) in [6.45, 7) is 1.59. The molecule has 5 aromatic rings. The molecule has 0 saturated heterocycles. The van der Waals surface area contributed by atoms with E-state index in [9.17, 15) is 14.0 Å². The number of fused-ring (bicyclic) bond motifs is 1. The number of ether oxygens (including phenoxy) is 1. The highest BCUT2D eigenvalue weighted by Crippen LogP contribution is 2.23. The summed E-state index contributed by atoms with van der Waals surface area (Å²) in [5, 5.41) is 10.4. The number of nitrogens with zero attached hydrogens (tertiary/aromatic N) is 5. The van der Waals surface area contributed by atoms with Crippen molar-refractivity contribution in [3.05, 3.63) is 108 Å². The van der Waals surface area contributed by atoms with Gasteiger partial charge in [-0.3, -0.25) is 9.59 Å². The number of anilines is 2. The summed E-state index contributed by atoms with van der Waals surface area (Å²) in [4.78, 5) is 33.2. The largest absolute Gasteiger partial charge is 0.473 e. The fraction of sp³-hybridized carbons (Fsp3) is 0.212. The number of benzene rings is 3. The minimum absolute atomic E-state index is 0.0361. The quantitative estimate of drug-likeness (QED) is 0.200. The van der Waals surface area contributed by atoms with Crippen molar-refractivity contribution in [3.8, 4) is 16.9 Å². The maximum atomic E-state index is 13.1. The number of nitrogens with one attached hydrogen (secondary N) is 2. The maximum absolute atomic E-state index is 13.1. The fourth-order valence-corrected chi connectivity index (χ4v) is 4.42. The molecule has 0 bridgehead atoms. The van der Waals surface area contributed by atoms with Crippen molar-refractivity contribution < 1.29 is 18.7 Å². The summed E-state index contributed by atoms with van der Waals surface area (Å²) in [5.41, 5.74) is 4.55. The van der Waals surface area contributed by atoms with Crippen molar-refractivity contribution >= 4 is 29.1 Å². The third kappa shape index (κ3) is 7.96. The molecule has 44 heavy (non-hydrogen) atoms. The van der Waals surface area contributed by atoms with E-state index in [1.807, 2.05) is 61.6 Å². The predicted octanol–water partition coefficient (Wildman–Crippen LogP) is 4.80. The van der Waals surface area contributed by atoms with Crippen LogP contribution in [-0.4, -0.2) is 77.2 Å². The molecule has 3 aromatic carbocycles. The second kappa shape index (κ2) is 13.8. The number of hydrogen-bond donors (Lipinski definition) is 2. The molecule has 0 spiro atoms. The van der Waals surface area contributed by atoms with Gasteiger partial charge in [0, 0.05) is 43.1 Å². The number of halogens is 1. The highest BCUT2D eigenvalue weighted by molar-refractivity contribution is 5.94. The van der Waals surface area contributed by atoms with Gasteiger partial charge in [-0.25, -0.2) is 8.91 Å². The average molecular weight is 596 g/mol. The van der Waals surface area contributed by atoms with E-state index in [-0.39, 0.29) is 30.8 Å². The number of pyridine rings is 1. The predicted molar refractivity (Wildman–Crippen MR) is 168 cm³/mol. The molecule has 0 unspecified atom stereocenters. The Balaban J connectivity index is 1.13. The van der Waals surface area contributed by atoms with Crippen LogP contribution in [0.3, 0.4) is 0 Å². The van der Waals surface area contributed by atoms with Crippen molar-refractivity contribution in [2.45, 2.75) is 6.42 Å². The fourth-order valence-electron chi connectivity index (χ4n) is 4.42. The molecule has 0 radical (unpaired) electrons. The smallest absolute Gasteiger partial charge is 0.253 e. The van der Waals surface area contributed by atoms with Crippen molar-refractivity contribution in [1.29, 1.82) is 0 Å². The van der Waals surface area contributed by atoms with Crippen LogP contribution in [0.2, 0.25) is 0 Å². The lowest BCUT2D eigenvalue weighted by Gasteiger charge is -2.19. The van der Waals surface area contributed by atoms with Gasteiger partial charge < -0.3 is 25.2 Å². The van der Waals surface area contributed by atoms with Gasteiger partial charge in [0.2, 0.25) is 11.9 Å². The SMILES string of the molecule is CN(C)CCN(C)C(=O)c1ccc(OCNc2nc3ccc(-c4ccc(NC(=O)Cc5ccc(F)cc5)cc4)cn3n2)cc1.